The molecule has 0 aliphatic heterocycles. The number of amides is 1. The lowest BCUT2D eigenvalue weighted by atomic mass is 10.1. The molecular weight excluding hydrogens is 426 g/mol. The number of ether oxygens (including phenoxy) is 1. The fourth-order valence-electron chi connectivity index (χ4n) is 3.65. The first-order valence-electron chi connectivity index (χ1n) is 11.6. The molecule has 2 N–H and O–H groups in total. The van der Waals surface area contributed by atoms with E-state index < -0.39 is 0 Å². The third-order valence-electron chi connectivity index (χ3n) is 5.89. The van der Waals surface area contributed by atoms with Gasteiger partial charge < -0.3 is 15.4 Å². The summed E-state index contributed by atoms with van der Waals surface area (Å²) in [4.78, 5) is 17.1. The van der Waals surface area contributed by atoms with Crippen LogP contribution in [0, 0.1) is 13.8 Å². The number of aryl methyl sites for hydroxylation is 3. The van der Waals surface area contributed by atoms with Crippen LogP contribution in [-0.4, -0.2) is 34.3 Å². The number of allylic oxidation sites excluding steroid dienone is 3. The van der Waals surface area contributed by atoms with Crippen molar-refractivity contribution in [3.8, 4) is 5.88 Å². The van der Waals surface area contributed by atoms with Gasteiger partial charge in [0.25, 0.3) is 5.91 Å². The van der Waals surface area contributed by atoms with Crippen molar-refractivity contribution in [3.63, 3.8) is 0 Å². The van der Waals surface area contributed by atoms with Crippen molar-refractivity contribution in [2.75, 3.05) is 13.7 Å². The number of benzene rings is 1. The van der Waals surface area contributed by atoms with E-state index in [4.69, 9.17) is 9.84 Å². The average molecular weight is 462 g/mol. The van der Waals surface area contributed by atoms with Gasteiger partial charge in [0.15, 0.2) is 12.3 Å². The summed E-state index contributed by atoms with van der Waals surface area (Å²) in [6.45, 7) is 10.1. The number of aromatic nitrogens is 3. The molecule has 0 saturated carbocycles. The zero-order chi connectivity index (χ0) is 24.8. The topological polar surface area (TPSA) is 81.1 Å². The van der Waals surface area contributed by atoms with Crippen LogP contribution >= 0.6 is 0 Å². The van der Waals surface area contributed by atoms with Crippen LogP contribution in [0.15, 0.2) is 48.1 Å². The Bertz CT molecular complexity index is 1220. The number of fused-ring (bicyclic) bond motifs is 1. The third-order valence-corrected chi connectivity index (χ3v) is 5.89. The predicted octanol–water partition coefficient (Wildman–Crippen LogP) is 4.76. The number of pyridine rings is 1. The van der Waals surface area contributed by atoms with E-state index in [2.05, 4.69) is 35.5 Å². The highest BCUT2D eigenvalue weighted by molar-refractivity contribution is 5.91. The fourth-order valence-corrected chi connectivity index (χ4v) is 3.65. The predicted molar refractivity (Wildman–Crippen MR) is 138 cm³/mol. The SMILES string of the molecule is CC/C(C)=C/C=C(\NC)c1nn(C)c2nc(OCC(=O)N[C@@H](C)c3ccc(C)cc3)cc(C)c12. The highest BCUT2D eigenvalue weighted by Gasteiger charge is 2.18. The summed E-state index contributed by atoms with van der Waals surface area (Å²) >= 11 is 0. The molecule has 1 aromatic carbocycles. The molecule has 0 bridgehead atoms. The number of hydrogen-bond donors (Lipinski definition) is 2. The van der Waals surface area contributed by atoms with Crippen LogP contribution in [-0.2, 0) is 11.8 Å². The molecule has 0 radical (unpaired) electrons. The van der Waals surface area contributed by atoms with Crippen molar-refractivity contribution in [2.45, 2.75) is 47.1 Å². The molecule has 2 heterocycles. The summed E-state index contributed by atoms with van der Waals surface area (Å²) in [5, 5.41) is 11.9. The van der Waals surface area contributed by atoms with Crippen LogP contribution in [0.25, 0.3) is 16.7 Å². The minimum absolute atomic E-state index is 0.106. The lowest BCUT2D eigenvalue weighted by Gasteiger charge is -2.15. The monoisotopic (exact) mass is 461 g/mol. The number of rotatable bonds is 9. The fraction of sp³-hybridized carbons (Fsp3) is 0.370. The Hall–Kier alpha value is -3.61. The summed E-state index contributed by atoms with van der Waals surface area (Å²) in [7, 11) is 3.75. The van der Waals surface area contributed by atoms with E-state index >= 15 is 0 Å². The molecular formula is C27H35N5O2. The third kappa shape index (κ3) is 5.84. The van der Waals surface area contributed by atoms with Gasteiger partial charge in [0, 0.05) is 20.2 Å². The Morgan fingerprint density at radius 2 is 1.91 bits per heavy atom. The van der Waals surface area contributed by atoms with Gasteiger partial charge in [-0.05, 0) is 51.3 Å². The van der Waals surface area contributed by atoms with Crippen LogP contribution in [0.2, 0.25) is 0 Å². The Kier molecular flexibility index (Phi) is 8.10. The van der Waals surface area contributed by atoms with Crippen molar-refractivity contribution >= 4 is 22.6 Å². The second-order valence-electron chi connectivity index (χ2n) is 8.63. The van der Waals surface area contributed by atoms with E-state index in [0.717, 1.165) is 34.3 Å². The molecule has 0 fully saturated rings. The van der Waals surface area contributed by atoms with Crippen molar-refractivity contribution in [3.05, 3.63) is 70.4 Å². The Balaban J connectivity index is 1.77. The largest absolute Gasteiger partial charge is 0.468 e. The van der Waals surface area contributed by atoms with E-state index in [0.29, 0.717) is 11.5 Å². The normalized spacial score (nSPS) is 13.1. The van der Waals surface area contributed by atoms with Crippen molar-refractivity contribution in [1.29, 1.82) is 0 Å². The van der Waals surface area contributed by atoms with Gasteiger partial charge in [-0.25, -0.2) is 4.68 Å². The molecule has 0 aliphatic rings. The van der Waals surface area contributed by atoms with Gasteiger partial charge in [0.05, 0.1) is 17.1 Å². The summed E-state index contributed by atoms with van der Waals surface area (Å²) in [5.74, 6) is 0.200. The Morgan fingerprint density at radius 3 is 2.56 bits per heavy atom. The van der Waals surface area contributed by atoms with Gasteiger partial charge in [0.2, 0.25) is 5.88 Å². The van der Waals surface area contributed by atoms with Gasteiger partial charge in [-0.3, -0.25) is 4.79 Å². The van der Waals surface area contributed by atoms with Gasteiger partial charge in [-0.15, -0.1) is 0 Å². The molecule has 0 spiro atoms. The number of hydrogen-bond acceptors (Lipinski definition) is 5. The molecule has 0 aliphatic carbocycles. The molecule has 3 rings (SSSR count). The summed E-state index contributed by atoms with van der Waals surface area (Å²) < 4.78 is 7.49. The van der Waals surface area contributed by atoms with Crippen molar-refractivity contribution in [2.24, 2.45) is 7.05 Å². The van der Waals surface area contributed by atoms with Crippen LogP contribution in [0.4, 0.5) is 0 Å². The van der Waals surface area contributed by atoms with Crippen LogP contribution in [0.1, 0.15) is 55.6 Å². The summed E-state index contributed by atoms with van der Waals surface area (Å²) in [6.07, 6.45) is 5.14. The number of nitrogens with zero attached hydrogens (tertiary/aromatic N) is 3. The van der Waals surface area contributed by atoms with Crippen LogP contribution in [0.3, 0.4) is 0 Å². The Morgan fingerprint density at radius 1 is 1.21 bits per heavy atom. The molecule has 1 amide bonds. The van der Waals surface area contributed by atoms with E-state index in [-0.39, 0.29) is 18.6 Å². The first-order valence-corrected chi connectivity index (χ1v) is 11.6. The molecule has 180 valence electrons. The molecule has 7 heteroatoms. The Labute approximate surface area is 201 Å². The highest BCUT2D eigenvalue weighted by Crippen LogP contribution is 2.28. The van der Waals surface area contributed by atoms with Crippen LogP contribution < -0.4 is 15.4 Å². The second kappa shape index (κ2) is 11.0. The summed E-state index contributed by atoms with van der Waals surface area (Å²) in [6, 6.07) is 9.86. The van der Waals surface area contributed by atoms with Gasteiger partial charge in [0.1, 0.15) is 5.69 Å². The number of carbonyl (C=O) groups excluding carboxylic acids is 1. The van der Waals surface area contributed by atoms with Crippen molar-refractivity contribution < 1.29 is 9.53 Å². The maximum atomic E-state index is 12.5. The lowest BCUT2D eigenvalue weighted by Crippen LogP contribution is -2.31. The highest BCUT2D eigenvalue weighted by atomic mass is 16.5. The zero-order valence-corrected chi connectivity index (χ0v) is 21.2. The minimum atomic E-state index is -0.197. The van der Waals surface area contributed by atoms with E-state index in [1.165, 1.54) is 11.1 Å². The molecule has 0 saturated heterocycles. The van der Waals surface area contributed by atoms with E-state index in [9.17, 15) is 4.79 Å². The molecule has 2 aromatic heterocycles. The smallest absolute Gasteiger partial charge is 0.258 e. The molecule has 0 unspecified atom stereocenters. The van der Waals surface area contributed by atoms with Crippen LogP contribution in [0.5, 0.6) is 5.88 Å². The second-order valence-corrected chi connectivity index (χ2v) is 8.63. The minimum Gasteiger partial charge on any atom is -0.468 e. The first-order chi connectivity index (χ1) is 16.2. The van der Waals surface area contributed by atoms with Gasteiger partial charge in [-0.2, -0.15) is 10.1 Å². The molecule has 1 atom stereocenters. The van der Waals surface area contributed by atoms with Gasteiger partial charge >= 0.3 is 0 Å². The summed E-state index contributed by atoms with van der Waals surface area (Å²) in [5.41, 5.74) is 6.96. The van der Waals surface area contributed by atoms with E-state index in [1.807, 2.05) is 71.3 Å². The average Bonchev–Trinajstić information content (AvgIpc) is 3.15. The maximum Gasteiger partial charge on any atom is 0.258 e. The number of nitrogens with one attached hydrogen (secondary N) is 2. The van der Waals surface area contributed by atoms with Gasteiger partial charge in [-0.1, -0.05) is 48.4 Å². The van der Waals surface area contributed by atoms with Crippen molar-refractivity contribution in [1.82, 2.24) is 25.4 Å². The molecule has 3 aromatic rings. The molecule has 34 heavy (non-hydrogen) atoms. The zero-order valence-electron chi connectivity index (χ0n) is 21.2. The van der Waals surface area contributed by atoms with E-state index in [1.54, 1.807) is 4.68 Å². The maximum absolute atomic E-state index is 12.5. The standard InChI is InChI=1S/C27H35N5O2/c1-8-17(2)11-14-22(28-6)26-25-19(4)15-24(30-27(25)32(7)31-26)34-16-23(33)29-20(5)21-12-9-18(3)10-13-21/h9-15,20,28H,8,16H2,1-7H3,(H,29,33)/b17-11+,22-14-/t20-/m0/s1. The molecule has 7 nitrogen and oxygen atoms in total. The first kappa shape index (κ1) is 25.0. The lowest BCUT2D eigenvalue weighted by molar-refractivity contribution is -0.123. The number of carbonyl (C=O) groups is 1. The quantitative estimate of drug-likeness (QED) is 0.449.